The monoisotopic (exact) mass is 203 g/mol. The number of benzene rings is 1. The number of anilines is 1. The molecule has 15 heavy (non-hydrogen) atoms. The fourth-order valence-corrected chi connectivity index (χ4v) is 1.71. The van der Waals surface area contributed by atoms with Gasteiger partial charge in [-0.1, -0.05) is 12.1 Å². The zero-order valence-corrected chi connectivity index (χ0v) is 8.75. The predicted octanol–water partition coefficient (Wildman–Crippen LogP) is 1.37. The van der Waals surface area contributed by atoms with Crippen LogP contribution in [0, 0.1) is 6.92 Å². The van der Waals surface area contributed by atoms with Gasteiger partial charge in [0.25, 0.3) is 0 Å². The zero-order chi connectivity index (χ0) is 10.7. The maximum atomic E-state index is 8.80. The van der Waals surface area contributed by atoms with Gasteiger partial charge in [0, 0.05) is 25.6 Å². The van der Waals surface area contributed by atoms with Crippen molar-refractivity contribution in [2.24, 2.45) is 0 Å². The number of hydrogen-bond donors (Lipinski definition) is 2. The van der Waals surface area contributed by atoms with Gasteiger partial charge >= 0.3 is 0 Å². The van der Waals surface area contributed by atoms with E-state index < -0.39 is 0 Å². The van der Waals surface area contributed by atoms with E-state index in [2.05, 4.69) is 22.4 Å². The minimum Gasteiger partial charge on any atom is -0.395 e. The number of para-hydroxylation sites is 1. The Hall–Kier alpha value is -1.61. The van der Waals surface area contributed by atoms with Gasteiger partial charge in [-0.2, -0.15) is 0 Å². The van der Waals surface area contributed by atoms with Crippen molar-refractivity contribution < 1.29 is 10.1 Å². The van der Waals surface area contributed by atoms with E-state index in [-0.39, 0.29) is 6.61 Å². The van der Waals surface area contributed by atoms with Crippen LogP contribution >= 0.6 is 0 Å². The van der Waals surface area contributed by atoms with Gasteiger partial charge in [0.1, 0.15) is 0 Å². The summed E-state index contributed by atoms with van der Waals surface area (Å²) in [5.74, 6) is 0. The van der Waals surface area contributed by atoms with E-state index in [9.17, 15) is 0 Å². The molecule has 0 aliphatic rings. The number of nitrogens with one attached hydrogen (secondary N) is 2. The first-order chi connectivity index (χ1) is 7.31. The second-order valence-corrected chi connectivity index (χ2v) is 3.56. The molecule has 0 aliphatic heterocycles. The second-order valence-electron chi connectivity index (χ2n) is 3.56. The van der Waals surface area contributed by atoms with Crippen LogP contribution < -0.4 is 10.3 Å². The highest BCUT2D eigenvalue weighted by atomic mass is 16.3. The van der Waals surface area contributed by atoms with Crippen molar-refractivity contribution in [1.29, 1.82) is 0 Å². The lowest BCUT2D eigenvalue weighted by molar-refractivity contribution is -0.354. The molecule has 2 rings (SSSR count). The second kappa shape index (κ2) is 4.28. The molecule has 3 N–H and O–H groups in total. The molecule has 0 fully saturated rings. The third kappa shape index (κ3) is 2.07. The summed E-state index contributed by atoms with van der Waals surface area (Å²) in [6.07, 6.45) is 0. The highest BCUT2D eigenvalue weighted by Gasteiger charge is 2.07. The van der Waals surface area contributed by atoms with Crippen molar-refractivity contribution in [3.63, 3.8) is 0 Å². The van der Waals surface area contributed by atoms with Gasteiger partial charge < -0.3 is 10.4 Å². The number of aliphatic hydroxyl groups is 1. The Balaban J connectivity index is 2.50. The molecule has 0 atom stereocenters. The van der Waals surface area contributed by atoms with Crippen LogP contribution in [-0.2, 0) is 0 Å². The maximum Gasteiger partial charge on any atom is 0.213 e. The fourth-order valence-electron chi connectivity index (χ4n) is 1.71. The first kappa shape index (κ1) is 9.93. The number of H-pyrrole nitrogens is 1. The molecular weight excluding hydrogens is 188 g/mol. The fraction of sp³-hybridized carbons (Fsp3) is 0.250. The van der Waals surface area contributed by atoms with E-state index in [1.165, 1.54) is 0 Å². The van der Waals surface area contributed by atoms with Crippen LogP contribution in [0.5, 0.6) is 0 Å². The van der Waals surface area contributed by atoms with Gasteiger partial charge in [-0.25, -0.2) is 4.98 Å². The van der Waals surface area contributed by atoms with Crippen molar-refractivity contribution in [3.8, 4) is 0 Å². The molecule has 2 aromatic rings. The Morgan fingerprint density at radius 2 is 2.13 bits per heavy atom. The largest absolute Gasteiger partial charge is 0.395 e. The lowest BCUT2D eigenvalue weighted by Gasteiger charge is -2.05. The highest BCUT2D eigenvalue weighted by molar-refractivity contribution is 5.89. The third-order valence-electron chi connectivity index (χ3n) is 2.34. The molecule has 3 heteroatoms. The topological polar surface area (TPSA) is 46.4 Å². The quantitative estimate of drug-likeness (QED) is 0.791. The van der Waals surface area contributed by atoms with Gasteiger partial charge in [-0.15, -0.1) is 0 Å². The van der Waals surface area contributed by atoms with Crippen LogP contribution in [-0.4, -0.2) is 18.3 Å². The van der Waals surface area contributed by atoms with Crippen LogP contribution in [0.25, 0.3) is 10.9 Å². The van der Waals surface area contributed by atoms with Gasteiger partial charge in [0.15, 0.2) is 5.69 Å². The van der Waals surface area contributed by atoms with Gasteiger partial charge in [-0.05, 0) is 6.07 Å². The van der Waals surface area contributed by atoms with Gasteiger partial charge in [0.2, 0.25) is 5.52 Å². The Bertz CT molecular complexity index is 468. The molecule has 0 unspecified atom stereocenters. The average molecular weight is 203 g/mol. The molecule has 0 spiro atoms. The van der Waals surface area contributed by atoms with E-state index in [4.69, 9.17) is 5.11 Å². The number of aliphatic hydroxyl groups excluding tert-OH is 1. The highest BCUT2D eigenvalue weighted by Crippen LogP contribution is 2.20. The van der Waals surface area contributed by atoms with Crippen molar-refractivity contribution in [1.82, 2.24) is 0 Å². The molecule has 0 bridgehead atoms. The number of aromatic nitrogens is 1. The normalized spacial score (nSPS) is 10.5. The number of pyridine rings is 1. The van der Waals surface area contributed by atoms with Gasteiger partial charge in [0.05, 0.1) is 17.7 Å². The standard InChI is InChI=1S/C12H14N2O/c1-9-8-12(13-6-7-15)10-4-2-3-5-11(10)14-9/h2-5,8,15H,6-7H2,1H3,(H,13,14)/p+1. The number of rotatable bonds is 3. The summed E-state index contributed by atoms with van der Waals surface area (Å²) in [4.78, 5) is 3.30. The number of hydrogen-bond acceptors (Lipinski definition) is 2. The van der Waals surface area contributed by atoms with E-state index >= 15 is 0 Å². The summed E-state index contributed by atoms with van der Waals surface area (Å²) in [5, 5.41) is 13.2. The summed E-state index contributed by atoms with van der Waals surface area (Å²) in [6, 6.07) is 10.2. The van der Waals surface area contributed by atoms with Crippen molar-refractivity contribution in [2.75, 3.05) is 18.5 Å². The summed E-state index contributed by atoms with van der Waals surface area (Å²) >= 11 is 0. The van der Waals surface area contributed by atoms with Crippen LogP contribution in [0.3, 0.4) is 0 Å². The minimum atomic E-state index is 0.145. The Labute approximate surface area is 88.8 Å². The molecule has 0 amide bonds. The lowest BCUT2D eigenvalue weighted by atomic mass is 10.1. The van der Waals surface area contributed by atoms with Crippen LogP contribution in [0.1, 0.15) is 5.69 Å². The summed E-state index contributed by atoms with van der Waals surface area (Å²) in [7, 11) is 0. The predicted molar refractivity (Wildman–Crippen MR) is 60.8 cm³/mol. The molecule has 1 heterocycles. The summed E-state index contributed by atoms with van der Waals surface area (Å²) < 4.78 is 0. The smallest absolute Gasteiger partial charge is 0.213 e. The van der Waals surface area contributed by atoms with Crippen LogP contribution in [0.15, 0.2) is 30.3 Å². The van der Waals surface area contributed by atoms with Crippen molar-refractivity contribution in [2.45, 2.75) is 6.92 Å². The Kier molecular flexibility index (Phi) is 2.83. The molecular formula is C12H15N2O+. The third-order valence-corrected chi connectivity index (χ3v) is 2.34. The number of aromatic amines is 1. The maximum absolute atomic E-state index is 8.80. The first-order valence-electron chi connectivity index (χ1n) is 5.07. The molecule has 0 saturated heterocycles. The Morgan fingerprint density at radius 3 is 2.93 bits per heavy atom. The van der Waals surface area contributed by atoms with E-state index in [0.29, 0.717) is 6.54 Å². The first-order valence-corrected chi connectivity index (χ1v) is 5.07. The molecule has 0 aliphatic carbocycles. The van der Waals surface area contributed by atoms with Crippen molar-refractivity contribution >= 4 is 16.6 Å². The molecule has 0 saturated carbocycles. The number of fused-ring (bicyclic) bond motifs is 1. The molecule has 1 aromatic heterocycles. The van der Waals surface area contributed by atoms with Crippen molar-refractivity contribution in [3.05, 3.63) is 36.0 Å². The lowest BCUT2D eigenvalue weighted by Crippen LogP contribution is -2.12. The van der Waals surface area contributed by atoms with Crippen LogP contribution in [0.4, 0.5) is 5.69 Å². The molecule has 0 radical (unpaired) electrons. The number of aryl methyl sites for hydroxylation is 1. The average Bonchev–Trinajstić information content (AvgIpc) is 2.25. The summed E-state index contributed by atoms with van der Waals surface area (Å²) in [6.45, 7) is 2.75. The van der Waals surface area contributed by atoms with Crippen LogP contribution in [0.2, 0.25) is 0 Å². The molecule has 3 nitrogen and oxygen atoms in total. The minimum absolute atomic E-state index is 0.145. The Morgan fingerprint density at radius 1 is 1.33 bits per heavy atom. The zero-order valence-electron chi connectivity index (χ0n) is 8.75. The van der Waals surface area contributed by atoms with E-state index in [1.54, 1.807) is 0 Å². The van der Waals surface area contributed by atoms with E-state index in [0.717, 1.165) is 22.3 Å². The van der Waals surface area contributed by atoms with E-state index in [1.807, 2.05) is 25.1 Å². The summed E-state index contributed by atoms with van der Waals surface area (Å²) in [5.41, 5.74) is 3.28. The SMILES string of the molecule is Cc1cc(NCCO)c2ccccc2[nH+]1. The molecule has 1 aromatic carbocycles. The van der Waals surface area contributed by atoms with Gasteiger partial charge in [-0.3, -0.25) is 0 Å². The molecule has 78 valence electrons.